The molecule has 0 radical (unpaired) electrons. The van der Waals surface area contributed by atoms with E-state index in [2.05, 4.69) is 0 Å². The van der Waals surface area contributed by atoms with Crippen LogP contribution in [0.25, 0.3) is 0 Å². The van der Waals surface area contributed by atoms with E-state index < -0.39 is 17.4 Å². The molecule has 0 amide bonds. The highest BCUT2D eigenvalue weighted by atomic mass is 19.2. The molecule has 20 heavy (non-hydrogen) atoms. The Morgan fingerprint density at radius 3 is 2.40 bits per heavy atom. The van der Waals surface area contributed by atoms with Crippen molar-refractivity contribution >= 4 is 5.78 Å². The molecule has 0 N–H and O–H groups in total. The third-order valence-corrected chi connectivity index (χ3v) is 3.40. The first-order chi connectivity index (χ1) is 9.58. The monoisotopic (exact) mass is 274 g/mol. The van der Waals surface area contributed by atoms with Crippen molar-refractivity contribution in [2.24, 2.45) is 0 Å². The first-order valence-corrected chi connectivity index (χ1v) is 6.69. The van der Waals surface area contributed by atoms with Gasteiger partial charge in [-0.2, -0.15) is 0 Å². The Hall–Kier alpha value is -2.03. The molecule has 2 aromatic rings. The second kappa shape index (κ2) is 5.95. The van der Waals surface area contributed by atoms with Gasteiger partial charge in [-0.1, -0.05) is 32.0 Å². The molecule has 2 rings (SSSR count). The zero-order valence-electron chi connectivity index (χ0n) is 11.5. The summed E-state index contributed by atoms with van der Waals surface area (Å²) < 4.78 is 27.0. The van der Waals surface area contributed by atoms with Gasteiger partial charge in [-0.05, 0) is 42.2 Å². The SMILES string of the molecule is CCc1ccc(CC)c(C(=O)c2cccc(F)c2F)c1. The van der Waals surface area contributed by atoms with Crippen LogP contribution in [0.1, 0.15) is 40.9 Å². The van der Waals surface area contributed by atoms with E-state index in [-0.39, 0.29) is 5.56 Å². The molecule has 0 saturated heterocycles. The molecule has 0 bridgehead atoms. The van der Waals surface area contributed by atoms with E-state index in [1.54, 1.807) is 6.07 Å². The minimum atomic E-state index is -1.08. The summed E-state index contributed by atoms with van der Waals surface area (Å²) in [7, 11) is 0. The number of benzene rings is 2. The highest BCUT2D eigenvalue weighted by Crippen LogP contribution is 2.20. The summed E-state index contributed by atoms with van der Waals surface area (Å²) in [6.07, 6.45) is 1.46. The third-order valence-electron chi connectivity index (χ3n) is 3.40. The van der Waals surface area contributed by atoms with Crippen LogP contribution in [0.4, 0.5) is 8.78 Å². The number of hydrogen-bond acceptors (Lipinski definition) is 1. The van der Waals surface area contributed by atoms with Crippen molar-refractivity contribution in [1.82, 2.24) is 0 Å². The number of carbonyl (C=O) groups is 1. The maximum Gasteiger partial charge on any atom is 0.196 e. The summed E-state index contributed by atoms with van der Waals surface area (Å²) in [5, 5.41) is 0. The van der Waals surface area contributed by atoms with Crippen molar-refractivity contribution in [2.75, 3.05) is 0 Å². The Bertz CT molecular complexity index is 647. The van der Waals surface area contributed by atoms with E-state index in [1.807, 2.05) is 26.0 Å². The van der Waals surface area contributed by atoms with E-state index in [1.165, 1.54) is 12.1 Å². The Balaban J connectivity index is 2.55. The second-order valence-corrected chi connectivity index (χ2v) is 4.63. The molecule has 0 aliphatic carbocycles. The second-order valence-electron chi connectivity index (χ2n) is 4.63. The number of carbonyl (C=O) groups excluding carboxylic acids is 1. The van der Waals surface area contributed by atoms with Gasteiger partial charge in [0.1, 0.15) is 0 Å². The fourth-order valence-corrected chi connectivity index (χ4v) is 2.19. The van der Waals surface area contributed by atoms with Crippen molar-refractivity contribution in [3.8, 4) is 0 Å². The summed E-state index contributed by atoms with van der Waals surface area (Å²) in [6.45, 7) is 3.91. The summed E-state index contributed by atoms with van der Waals surface area (Å²) >= 11 is 0. The van der Waals surface area contributed by atoms with Crippen LogP contribution in [0, 0.1) is 11.6 Å². The summed E-state index contributed by atoms with van der Waals surface area (Å²) in [6, 6.07) is 9.28. The Labute approximate surface area is 117 Å². The van der Waals surface area contributed by atoms with Crippen LogP contribution in [0.15, 0.2) is 36.4 Å². The van der Waals surface area contributed by atoms with Crippen LogP contribution in [-0.2, 0) is 12.8 Å². The Morgan fingerprint density at radius 1 is 1.00 bits per heavy atom. The molecule has 0 aromatic heterocycles. The van der Waals surface area contributed by atoms with Crippen LogP contribution in [0.2, 0.25) is 0 Å². The highest BCUT2D eigenvalue weighted by molar-refractivity contribution is 6.10. The van der Waals surface area contributed by atoms with E-state index in [9.17, 15) is 13.6 Å². The predicted molar refractivity (Wildman–Crippen MR) is 75.0 cm³/mol. The molecule has 0 aliphatic rings. The van der Waals surface area contributed by atoms with Crippen LogP contribution in [-0.4, -0.2) is 5.78 Å². The molecule has 2 aromatic carbocycles. The van der Waals surface area contributed by atoms with Gasteiger partial charge in [0.25, 0.3) is 0 Å². The smallest absolute Gasteiger partial charge is 0.196 e. The number of rotatable bonds is 4. The molecule has 0 unspecified atom stereocenters. The van der Waals surface area contributed by atoms with Gasteiger partial charge in [0.05, 0.1) is 5.56 Å². The van der Waals surface area contributed by atoms with Gasteiger partial charge in [0.2, 0.25) is 0 Å². The fourth-order valence-electron chi connectivity index (χ4n) is 2.19. The van der Waals surface area contributed by atoms with Crippen LogP contribution < -0.4 is 0 Å². The maximum absolute atomic E-state index is 13.8. The van der Waals surface area contributed by atoms with Crippen molar-refractivity contribution in [2.45, 2.75) is 26.7 Å². The minimum Gasteiger partial charge on any atom is -0.288 e. The lowest BCUT2D eigenvalue weighted by Crippen LogP contribution is -2.09. The topological polar surface area (TPSA) is 17.1 Å². The normalized spacial score (nSPS) is 10.6. The minimum absolute atomic E-state index is 0.215. The summed E-state index contributed by atoms with van der Waals surface area (Å²) in [4.78, 5) is 12.5. The molecule has 0 atom stereocenters. The van der Waals surface area contributed by atoms with Gasteiger partial charge in [0.15, 0.2) is 17.4 Å². The first-order valence-electron chi connectivity index (χ1n) is 6.69. The molecule has 3 heteroatoms. The molecule has 0 heterocycles. The fraction of sp³-hybridized carbons (Fsp3) is 0.235. The molecule has 0 saturated carbocycles. The van der Waals surface area contributed by atoms with E-state index in [0.717, 1.165) is 23.6 Å². The van der Waals surface area contributed by atoms with Gasteiger partial charge in [-0.25, -0.2) is 8.78 Å². The van der Waals surface area contributed by atoms with E-state index in [0.29, 0.717) is 12.0 Å². The van der Waals surface area contributed by atoms with Crippen molar-refractivity contribution < 1.29 is 13.6 Å². The van der Waals surface area contributed by atoms with Crippen molar-refractivity contribution in [1.29, 1.82) is 0 Å². The van der Waals surface area contributed by atoms with Gasteiger partial charge < -0.3 is 0 Å². The van der Waals surface area contributed by atoms with E-state index in [4.69, 9.17) is 0 Å². The van der Waals surface area contributed by atoms with Crippen LogP contribution in [0.3, 0.4) is 0 Å². The van der Waals surface area contributed by atoms with Gasteiger partial charge >= 0.3 is 0 Å². The molecular formula is C17H16F2O. The Kier molecular flexibility index (Phi) is 4.28. The van der Waals surface area contributed by atoms with Crippen LogP contribution >= 0.6 is 0 Å². The number of aryl methyl sites for hydroxylation is 2. The van der Waals surface area contributed by atoms with Crippen molar-refractivity contribution in [3.63, 3.8) is 0 Å². The first kappa shape index (κ1) is 14.4. The lowest BCUT2D eigenvalue weighted by atomic mass is 9.94. The number of hydrogen-bond donors (Lipinski definition) is 0. The third kappa shape index (κ3) is 2.62. The average Bonchev–Trinajstić information content (AvgIpc) is 2.48. The lowest BCUT2D eigenvalue weighted by molar-refractivity contribution is 0.103. The number of ketones is 1. The Morgan fingerprint density at radius 2 is 1.75 bits per heavy atom. The molecule has 0 fully saturated rings. The van der Waals surface area contributed by atoms with Crippen molar-refractivity contribution in [3.05, 3.63) is 70.3 Å². The highest BCUT2D eigenvalue weighted by Gasteiger charge is 2.19. The number of halogens is 2. The molecule has 104 valence electrons. The molecular weight excluding hydrogens is 258 g/mol. The summed E-state index contributed by atoms with van der Waals surface area (Å²) in [5.74, 6) is -2.55. The van der Waals surface area contributed by atoms with Gasteiger partial charge in [0, 0.05) is 5.56 Å². The van der Waals surface area contributed by atoms with Gasteiger partial charge in [-0.15, -0.1) is 0 Å². The molecule has 0 aliphatic heterocycles. The predicted octanol–water partition coefficient (Wildman–Crippen LogP) is 4.32. The molecule has 0 spiro atoms. The average molecular weight is 274 g/mol. The zero-order chi connectivity index (χ0) is 14.7. The van der Waals surface area contributed by atoms with E-state index >= 15 is 0 Å². The molecule has 1 nitrogen and oxygen atoms in total. The summed E-state index contributed by atoms with van der Waals surface area (Å²) in [5.41, 5.74) is 2.09. The zero-order valence-corrected chi connectivity index (χ0v) is 11.5. The lowest BCUT2D eigenvalue weighted by Gasteiger charge is -2.10. The quantitative estimate of drug-likeness (QED) is 0.759. The maximum atomic E-state index is 13.8. The van der Waals surface area contributed by atoms with Gasteiger partial charge in [-0.3, -0.25) is 4.79 Å². The van der Waals surface area contributed by atoms with Crippen LogP contribution in [0.5, 0.6) is 0 Å². The largest absolute Gasteiger partial charge is 0.288 e. The standard InChI is InChI=1S/C17H16F2O/c1-3-11-8-9-12(4-2)14(10-11)17(20)13-6-5-7-15(18)16(13)19/h5-10H,3-4H2,1-2H3.